The normalized spacial score (nSPS) is 13.5. The molecule has 2 heterocycles. The lowest BCUT2D eigenvalue weighted by molar-refractivity contribution is 0.747. The molecule has 0 aliphatic carbocycles. The minimum Gasteiger partial charge on any atom is -0.307 e. The molecule has 0 bridgehead atoms. The molecule has 0 fully saturated rings. The van der Waals surface area contributed by atoms with E-state index in [1.54, 1.807) is 0 Å². The van der Waals surface area contributed by atoms with Crippen molar-refractivity contribution in [2.75, 3.05) is 0 Å². The van der Waals surface area contributed by atoms with Crippen LogP contribution in [0.4, 0.5) is 0 Å². The van der Waals surface area contributed by atoms with Gasteiger partial charge in [0.05, 0.1) is 5.52 Å². The molecule has 0 spiro atoms. The standard InChI is InChI=1S/C19H13NO/c21-19-16-9-8-12-4-1-2-6-14(12)17(16)15-7-3-5-13-10-11-20(19)18(13)15/h1-9H,10-11H2. The van der Waals surface area contributed by atoms with Gasteiger partial charge in [-0.25, -0.2) is 0 Å². The number of aryl methyl sites for hydroxylation is 2. The number of hydrogen-bond donors (Lipinski definition) is 0. The quantitative estimate of drug-likeness (QED) is 0.445. The Morgan fingerprint density at radius 1 is 0.810 bits per heavy atom. The lowest BCUT2D eigenvalue weighted by Gasteiger charge is -2.10. The third-order valence-corrected chi connectivity index (χ3v) is 4.67. The molecule has 21 heavy (non-hydrogen) atoms. The molecule has 4 aromatic rings. The van der Waals surface area contributed by atoms with Gasteiger partial charge in [-0.15, -0.1) is 0 Å². The van der Waals surface area contributed by atoms with Gasteiger partial charge in [0.25, 0.3) is 5.56 Å². The summed E-state index contributed by atoms with van der Waals surface area (Å²) in [4.78, 5) is 12.8. The van der Waals surface area contributed by atoms with Crippen LogP contribution in [0.3, 0.4) is 0 Å². The molecular weight excluding hydrogens is 258 g/mol. The van der Waals surface area contributed by atoms with Crippen LogP contribution in [0, 0.1) is 0 Å². The number of benzene rings is 3. The van der Waals surface area contributed by atoms with E-state index in [0.717, 1.165) is 29.3 Å². The molecular formula is C19H13NO. The summed E-state index contributed by atoms with van der Waals surface area (Å²) in [5.74, 6) is 0. The van der Waals surface area contributed by atoms with E-state index in [4.69, 9.17) is 0 Å². The lowest BCUT2D eigenvalue weighted by Crippen LogP contribution is -2.18. The van der Waals surface area contributed by atoms with Gasteiger partial charge < -0.3 is 4.57 Å². The Morgan fingerprint density at radius 3 is 2.62 bits per heavy atom. The maximum Gasteiger partial charge on any atom is 0.258 e. The van der Waals surface area contributed by atoms with Crippen LogP contribution in [0.1, 0.15) is 5.56 Å². The van der Waals surface area contributed by atoms with Gasteiger partial charge in [-0.2, -0.15) is 0 Å². The van der Waals surface area contributed by atoms with Crippen molar-refractivity contribution < 1.29 is 0 Å². The number of para-hydroxylation sites is 1. The van der Waals surface area contributed by atoms with E-state index in [1.807, 2.05) is 22.8 Å². The molecule has 1 aliphatic rings. The van der Waals surface area contributed by atoms with Crippen molar-refractivity contribution in [2.24, 2.45) is 0 Å². The monoisotopic (exact) mass is 271 g/mol. The van der Waals surface area contributed by atoms with Crippen LogP contribution >= 0.6 is 0 Å². The smallest absolute Gasteiger partial charge is 0.258 e. The first-order chi connectivity index (χ1) is 10.3. The molecule has 0 N–H and O–H groups in total. The Hall–Kier alpha value is -2.61. The molecule has 0 saturated heterocycles. The fourth-order valence-corrected chi connectivity index (χ4v) is 3.75. The second-order valence-electron chi connectivity index (χ2n) is 5.73. The molecule has 1 aromatic heterocycles. The second-order valence-corrected chi connectivity index (χ2v) is 5.73. The van der Waals surface area contributed by atoms with Crippen LogP contribution in [-0.2, 0) is 13.0 Å². The zero-order valence-electron chi connectivity index (χ0n) is 11.5. The third kappa shape index (κ3) is 1.30. The van der Waals surface area contributed by atoms with Crippen molar-refractivity contribution >= 4 is 32.4 Å². The van der Waals surface area contributed by atoms with E-state index in [2.05, 4.69) is 36.4 Å². The molecule has 3 aromatic carbocycles. The van der Waals surface area contributed by atoms with E-state index in [9.17, 15) is 4.79 Å². The Labute approximate surface area is 121 Å². The Balaban J connectivity index is 2.22. The average molecular weight is 271 g/mol. The lowest BCUT2D eigenvalue weighted by atomic mass is 9.98. The van der Waals surface area contributed by atoms with Crippen molar-refractivity contribution in [3.8, 4) is 0 Å². The summed E-state index contributed by atoms with van der Waals surface area (Å²) in [5, 5.41) is 5.50. The van der Waals surface area contributed by atoms with Crippen LogP contribution in [-0.4, -0.2) is 4.57 Å². The molecule has 0 unspecified atom stereocenters. The van der Waals surface area contributed by atoms with Gasteiger partial charge in [-0.05, 0) is 28.8 Å². The van der Waals surface area contributed by atoms with Crippen LogP contribution in [0.5, 0.6) is 0 Å². The van der Waals surface area contributed by atoms with E-state index >= 15 is 0 Å². The molecule has 0 amide bonds. The number of aromatic nitrogens is 1. The Bertz CT molecular complexity index is 1110. The van der Waals surface area contributed by atoms with E-state index in [0.29, 0.717) is 0 Å². The van der Waals surface area contributed by atoms with Crippen LogP contribution in [0.15, 0.2) is 59.4 Å². The summed E-state index contributed by atoms with van der Waals surface area (Å²) in [6.45, 7) is 0.803. The molecule has 5 rings (SSSR count). The first-order valence-corrected chi connectivity index (χ1v) is 7.30. The summed E-state index contributed by atoms with van der Waals surface area (Å²) >= 11 is 0. The molecule has 0 saturated carbocycles. The zero-order valence-corrected chi connectivity index (χ0v) is 11.5. The Morgan fingerprint density at radius 2 is 1.67 bits per heavy atom. The largest absolute Gasteiger partial charge is 0.307 e. The molecule has 2 heteroatoms. The highest BCUT2D eigenvalue weighted by atomic mass is 16.1. The number of nitrogens with zero attached hydrogens (tertiary/aromatic N) is 1. The van der Waals surface area contributed by atoms with E-state index < -0.39 is 0 Å². The summed E-state index contributed by atoms with van der Waals surface area (Å²) in [5.41, 5.74) is 2.57. The second kappa shape index (κ2) is 3.73. The van der Waals surface area contributed by atoms with Gasteiger partial charge in [0.2, 0.25) is 0 Å². The number of hydrogen-bond acceptors (Lipinski definition) is 1. The molecule has 2 nitrogen and oxygen atoms in total. The summed E-state index contributed by atoms with van der Waals surface area (Å²) in [7, 11) is 0. The minimum atomic E-state index is 0.146. The molecule has 1 aliphatic heterocycles. The number of rotatable bonds is 0. The maximum absolute atomic E-state index is 12.8. The average Bonchev–Trinajstić information content (AvgIpc) is 2.97. The first-order valence-electron chi connectivity index (χ1n) is 7.30. The van der Waals surface area contributed by atoms with E-state index in [-0.39, 0.29) is 5.56 Å². The van der Waals surface area contributed by atoms with Gasteiger partial charge in [-0.1, -0.05) is 48.5 Å². The number of fused-ring (bicyclic) bond motifs is 4. The van der Waals surface area contributed by atoms with Crippen molar-refractivity contribution in [3.63, 3.8) is 0 Å². The fourth-order valence-electron chi connectivity index (χ4n) is 3.75. The predicted molar refractivity (Wildman–Crippen MR) is 86.9 cm³/mol. The summed E-state index contributed by atoms with van der Waals surface area (Å²) in [6, 6.07) is 18.7. The van der Waals surface area contributed by atoms with Crippen LogP contribution < -0.4 is 5.56 Å². The summed E-state index contributed by atoms with van der Waals surface area (Å²) in [6.07, 6.45) is 0.959. The SMILES string of the molecule is O=c1c2ccc3ccccc3c2c2cccc3c2n1CC3. The van der Waals surface area contributed by atoms with Crippen LogP contribution in [0.25, 0.3) is 32.4 Å². The summed E-state index contributed by atoms with van der Waals surface area (Å²) < 4.78 is 1.95. The van der Waals surface area contributed by atoms with Crippen molar-refractivity contribution in [1.29, 1.82) is 0 Å². The molecule has 0 atom stereocenters. The fraction of sp³-hybridized carbons (Fsp3) is 0.105. The first kappa shape index (κ1) is 11.1. The highest BCUT2D eigenvalue weighted by molar-refractivity contribution is 6.19. The topological polar surface area (TPSA) is 22.0 Å². The maximum atomic E-state index is 12.8. The van der Waals surface area contributed by atoms with Crippen molar-refractivity contribution in [1.82, 2.24) is 4.57 Å². The third-order valence-electron chi connectivity index (χ3n) is 4.67. The van der Waals surface area contributed by atoms with Gasteiger partial charge in [-0.3, -0.25) is 4.79 Å². The van der Waals surface area contributed by atoms with Gasteiger partial charge in [0.1, 0.15) is 0 Å². The minimum absolute atomic E-state index is 0.146. The van der Waals surface area contributed by atoms with Gasteiger partial charge in [0, 0.05) is 22.7 Å². The molecule has 0 radical (unpaired) electrons. The highest BCUT2D eigenvalue weighted by Gasteiger charge is 2.19. The van der Waals surface area contributed by atoms with Gasteiger partial charge in [0.15, 0.2) is 0 Å². The van der Waals surface area contributed by atoms with Crippen molar-refractivity contribution in [3.05, 3.63) is 70.5 Å². The van der Waals surface area contributed by atoms with E-state index in [1.165, 1.54) is 21.7 Å². The number of pyridine rings is 1. The van der Waals surface area contributed by atoms with Crippen molar-refractivity contribution in [2.45, 2.75) is 13.0 Å². The predicted octanol–water partition coefficient (Wildman–Crippen LogP) is 3.86. The highest BCUT2D eigenvalue weighted by Crippen LogP contribution is 2.33. The zero-order chi connectivity index (χ0) is 14.0. The van der Waals surface area contributed by atoms with Crippen LogP contribution in [0.2, 0.25) is 0 Å². The molecule has 100 valence electrons. The Kier molecular flexibility index (Phi) is 1.97. The van der Waals surface area contributed by atoms with Gasteiger partial charge >= 0.3 is 0 Å².